The average molecular weight is 524 g/mol. The second-order valence-corrected chi connectivity index (χ2v) is 7.22. The Bertz CT molecular complexity index is 1380. The lowest BCUT2D eigenvalue weighted by Crippen LogP contribution is -2.12. The molecule has 2 aromatic carbocycles. The molecule has 37 heavy (non-hydrogen) atoms. The molecule has 0 fully saturated rings. The van der Waals surface area contributed by atoms with Crippen LogP contribution in [0.4, 0.5) is 23.2 Å². The smallest absolute Gasteiger partial charge is 0.340 e. The maximum Gasteiger partial charge on any atom is 0.340 e. The van der Waals surface area contributed by atoms with E-state index in [0.29, 0.717) is 6.07 Å². The van der Waals surface area contributed by atoms with Gasteiger partial charge in [-0.3, -0.25) is 10.1 Å². The average Bonchev–Trinajstić information content (AvgIpc) is 2.88. The van der Waals surface area contributed by atoms with Crippen LogP contribution in [-0.2, 0) is 4.74 Å². The number of esters is 1. The molecule has 0 radical (unpaired) electrons. The maximum atomic E-state index is 14.7. The van der Waals surface area contributed by atoms with Crippen LogP contribution >= 0.6 is 0 Å². The molecule has 0 aliphatic heterocycles. The van der Waals surface area contributed by atoms with Gasteiger partial charge in [-0.05, 0) is 32.0 Å². The van der Waals surface area contributed by atoms with Crippen LogP contribution in [0.5, 0.6) is 17.4 Å². The predicted molar refractivity (Wildman–Crippen MR) is 122 cm³/mol. The monoisotopic (exact) mass is 524 g/mol. The van der Waals surface area contributed by atoms with Crippen LogP contribution < -0.4 is 14.2 Å². The van der Waals surface area contributed by atoms with Gasteiger partial charge >= 0.3 is 5.97 Å². The minimum atomic E-state index is -2.12. The Morgan fingerprint density at radius 3 is 2.11 bits per heavy atom. The van der Waals surface area contributed by atoms with Crippen molar-refractivity contribution in [3.8, 4) is 39.8 Å². The zero-order valence-corrected chi connectivity index (χ0v) is 20.0. The number of hydrogen-bond acceptors (Lipinski definition) is 8. The second-order valence-electron chi connectivity index (χ2n) is 7.22. The van der Waals surface area contributed by atoms with Crippen molar-refractivity contribution in [1.29, 1.82) is 0 Å². The van der Waals surface area contributed by atoms with E-state index in [1.165, 1.54) is 27.2 Å². The van der Waals surface area contributed by atoms with Gasteiger partial charge in [0.2, 0.25) is 5.88 Å². The maximum absolute atomic E-state index is 14.7. The van der Waals surface area contributed by atoms with Crippen LogP contribution in [0.15, 0.2) is 24.3 Å². The van der Waals surface area contributed by atoms with Crippen LogP contribution in [0, 0.1) is 33.4 Å². The molecule has 13 heteroatoms. The number of hydrogen-bond donors (Lipinski definition) is 0. The van der Waals surface area contributed by atoms with Gasteiger partial charge in [0.05, 0.1) is 60.8 Å². The molecule has 0 spiro atoms. The third-order valence-electron chi connectivity index (χ3n) is 5.11. The number of methoxy groups -OCH3 is 2. The summed E-state index contributed by atoms with van der Waals surface area (Å²) in [6.07, 6.45) is 0. The third-order valence-corrected chi connectivity index (χ3v) is 5.11. The predicted octanol–water partition coefficient (Wildman–Crippen LogP) is 5.47. The summed E-state index contributed by atoms with van der Waals surface area (Å²) in [7, 11) is 2.57. The van der Waals surface area contributed by atoms with Gasteiger partial charge < -0.3 is 18.9 Å². The molecule has 3 rings (SSSR count). The van der Waals surface area contributed by atoms with E-state index in [2.05, 4.69) is 4.98 Å². The first kappa shape index (κ1) is 27.2. The number of carbonyl (C=O) groups excluding carboxylic acids is 1. The Morgan fingerprint density at radius 1 is 0.892 bits per heavy atom. The highest BCUT2D eigenvalue weighted by Gasteiger charge is 2.30. The molecular weight excluding hydrogens is 504 g/mol. The third kappa shape index (κ3) is 5.10. The number of nitro groups is 1. The van der Waals surface area contributed by atoms with Gasteiger partial charge in [-0.25, -0.2) is 27.3 Å². The fourth-order valence-electron chi connectivity index (χ4n) is 3.49. The minimum absolute atomic E-state index is 0.0328. The molecular formula is C24H20F4N2O7. The van der Waals surface area contributed by atoms with E-state index in [9.17, 15) is 32.5 Å². The van der Waals surface area contributed by atoms with E-state index in [1.54, 1.807) is 6.92 Å². The van der Waals surface area contributed by atoms with Crippen molar-refractivity contribution >= 4 is 11.7 Å². The summed E-state index contributed by atoms with van der Waals surface area (Å²) in [4.78, 5) is 28.0. The number of nitro benzene ring substituents is 1. The molecule has 0 saturated heterocycles. The number of ether oxygens (including phenoxy) is 4. The molecule has 1 heterocycles. The van der Waals surface area contributed by atoms with Gasteiger partial charge in [-0.15, -0.1) is 0 Å². The summed E-state index contributed by atoms with van der Waals surface area (Å²) < 4.78 is 77.2. The summed E-state index contributed by atoms with van der Waals surface area (Å²) in [6, 6.07) is 3.68. The van der Waals surface area contributed by atoms with E-state index < -0.39 is 56.7 Å². The fourth-order valence-corrected chi connectivity index (χ4v) is 3.49. The van der Waals surface area contributed by atoms with Crippen molar-refractivity contribution in [2.75, 3.05) is 27.4 Å². The number of pyridine rings is 1. The first-order valence-corrected chi connectivity index (χ1v) is 10.7. The first-order chi connectivity index (χ1) is 17.6. The normalized spacial score (nSPS) is 10.7. The highest BCUT2D eigenvalue weighted by Crippen LogP contribution is 2.44. The van der Waals surface area contributed by atoms with Gasteiger partial charge in [0.25, 0.3) is 5.69 Å². The highest BCUT2D eigenvalue weighted by molar-refractivity contribution is 5.99. The van der Waals surface area contributed by atoms with E-state index in [-0.39, 0.29) is 41.7 Å². The van der Waals surface area contributed by atoms with Crippen LogP contribution in [0.1, 0.15) is 24.2 Å². The van der Waals surface area contributed by atoms with Crippen LogP contribution in [0.2, 0.25) is 0 Å². The summed E-state index contributed by atoms with van der Waals surface area (Å²) in [5.74, 6) is -9.06. The molecule has 0 N–H and O–H groups in total. The Morgan fingerprint density at radius 2 is 1.54 bits per heavy atom. The molecule has 1 aromatic heterocycles. The molecule has 0 unspecified atom stereocenters. The molecule has 3 aromatic rings. The van der Waals surface area contributed by atoms with Crippen molar-refractivity contribution in [1.82, 2.24) is 4.98 Å². The van der Waals surface area contributed by atoms with Crippen molar-refractivity contribution in [3.05, 3.63) is 63.2 Å². The quantitative estimate of drug-likeness (QED) is 0.0905. The van der Waals surface area contributed by atoms with Crippen molar-refractivity contribution in [2.24, 2.45) is 0 Å². The Kier molecular flexibility index (Phi) is 8.15. The molecule has 0 atom stereocenters. The van der Waals surface area contributed by atoms with E-state index in [4.69, 9.17) is 18.9 Å². The fraction of sp³-hybridized carbons (Fsp3) is 0.250. The van der Waals surface area contributed by atoms with E-state index in [0.717, 1.165) is 12.1 Å². The number of nitrogens with zero attached hydrogens (tertiary/aromatic N) is 2. The number of benzene rings is 2. The van der Waals surface area contributed by atoms with E-state index >= 15 is 0 Å². The highest BCUT2D eigenvalue weighted by atomic mass is 19.2. The molecule has 0 bridgehead atoms. The van der Waals surface area contributed by atoms with Crippen molar-refractivity contribution in [2.45, 2.75) is 13.8 Å². The Hall–Kier alpha value is -4.42. The number of rotatable bonds is 9. The zero-order valence-electron chi connectivity index (χ0n) is 20.0. The molecule has 0 amide bonds. The van der Waals surface area contributed by atoms with Crippen LogP contribution in [-0.4, -0.2) is 43.3 Å². The molecule has 9 nitrogen and oxygen atoms in total. The lowest BCUT2D eigenvalue weighted by Gasteiger charge is -2.17. The number of aromatic nitrogens is 1. The van der Waals surface area contributed by atoms with E-state index in [1.807, 2.05) is 0 Å². The summed E-state index contributed by atoms with van der Waals surface area (Å²) in [5, 5.41) is 11.9. The topological polar surface area (TPSA) is 110 Å². The summed E-state index contributed by atoms with van der Waals surface area (Å²) >= 11 is 0. The number of halogens is 4. The van der Waals surface area contributed by atoms with Crippen LogP contribution in [0.25, 0.3) is 22.4 Å². The molecule has 0 aliphatic carbocycles. The minimum Gasteiger partial charge on any atom is -0.493 e. The lowest BCUT2D eigenvalue weighted by atomic mass is 9.98. The van der Waals surface area contributed by atoms with Gasteiger partial charge in [-0.1, -0.05) is 0 Å². The lowest BCUT2D eigenvalue weighted by molar-refractivity contribution is -0.384. The Balaban J connectivity index is 2.46. The SMILES string of the molecule is CCOC(=O)c1cc(-c2cc(OC)c(OC)cc2[N+](=O)[O-])c(OCC)nc1-c1cc(F)c(F)c(F)c1F. The van der Waals surface area contributed by atoms with Crippen LogP contribution in [0.3, 0.4) is 0 Å². The van der Waals surface area contributed by atoms with Gasteiger partial charge in [0, 0.05) is 5.56 Å². The molecule has 0 aliphatic rings. The second kappa shape index (κ2) is 11.1. The molecule has 0 saturated carbocycles. The van der Waals surface area contributed by atoms with Gasteiger partial charge in [-0.2, -0.15) is 0 Å². The standard InChI is InChI=1S/C24H20F4N2O7/c1-5-36-23-12(11-9-17(34-3)18(35-4)10-16(11)30(32)33)7-14(24(31)37-6-2)22(29-23)13-8-15(25)20(27)21(28)19(13)26/h7-10H,5-6H2,1-4H3. The largest absolute Gasteiger partial charge is 0.493 e. The number of carbonyl (C=O) groups is 1. The van der Waals surface area contributed by atoms with Gasteiger partial charge in [0.1, 0.15) is 0 Å². The molecule has 196 valence electrons. The Labute approximate surface area is 207 Å². The zero-order chi connectivity index (χ0) is 27.4. The van der Waals surface area contributed by atoms with Gasteiger partial charge in [0.15, 0.2) is 34.8 Å². The summed E-state index contributed by atoms with van der Waals surface area (Å²) in [6.45, 7) is 2.82. The van der Waals surface area contributed by atoms with Crippen molar-refractivity contribution < 1.29 is 46.2 Å². The van der Waals surface area contributed by atoms with Crippen molar-refractivity contribution in [3.63, 3.8) is 0 Å². The first-order valence-electron chi connectivity index (χ1n) is 10.7. The summed E-state index contributed by atoms with van der Waals surface area (Å²) in [5.41, 5.74) is -2.79.